The van der Waals surface area contributed by atoms with Crippen LogP contribution in [0, 0.1) is 0 Å². The minimum Gasteiger partial charge on any atom is -0.454 e. The molecule has 0 spiro atoms. The first kappa shape index (κ1) is 13.6. The van der Waals surface area contributed by atoms with Crippen LogP contribution in [0.4, 0.5) is 0 Å². The summed E-state index contributed by atoms with van der Waals surface area (Å²) in [6.45, 7) is 1.04. The zero-order chi connectivity index (χ0) is 13.5. The molecule has 1 heterocycles. The Morgan fingerprint density at radius 2 is 2.16 bits per heavy atom. The topological polar surface area (TPSA) is 66.0 Å². The molecule has 1 N–H and O–H groups in total. The Balaban J connectivity index is 1.71. The van der Waals surface area contributed by atoms with Gasteiger partial charge in [0.25, 0.3) is 0 Å². The standard InChI is InChI=1S/C13H17NO5/c1-16-6-7-19-14-13(15)5-3-10-2-4-11-12(8-10)18-9-17-11/h2,4,8H,3,5-7,9H2,1H3,(H,14,15). The van der Waals surface area contributed by atoms with Gasteiger partial charge >= 0.3 is 0 Å². The van der Waals surface area contributed by atoms with Gasteiger partial charge in [-0.05, 0) is 24.1 Å². The van der Waals surface area contributed by atoms with Crippen molar-refractivity contribution in [1.82, 2.24) is 5.48 Å². The van der Waals surface area contributed by atoms with Gasteiger partial charge < -0.3 is 14.2 Å². The molecule has 2 rings (SSSR count). The second-order valence-electron chi connectivity index (χ2n) is 4.05. The van der Waals surface area contributed by atoms with E-state index in [1.54, 1.807) is 7.11 Å². The van der Waals surface area contributed by atoms with Crippen molar-refractivity contribution in [3.8, 4) is 11.5 Å². The Hall–Kier alpha value is -1.79. The number of carbonyl (C=O) groups excluding carboxylic acids is 1. The van der Waals surface area contributed by atoms with Crippen molar-refractivity contribution in [2.75, 3.05) is 27.1 Å². The van der Waals surface area contributed by atoms with Crippen molar-refractivity contribution in [1.29, 1.82) is 0 Å². The highest BCUT2D eigenvalue weighted by molar-refractivity contribution is 5.75. The van der Waals surface area contributed by atoms with Crippen molar-refractivity contribution in [2.45, 2.75) is 12.8 Å². The summed E-state index contributed by atoms with van der Waals surface area (Å²) >= 11 is 0. The van der Waals surface area contributed by atoms with Crippen LogP contribution in [0.15, 0.2) is 18.2 Å². The first-order chi connectivity index (χ1) is 9.29. The number of methoxy groups -OCH3 is 1. The van der Waals surface area contributed by atoms with Gasteiger partial charge in [0.2, 0.25) is 12.7 Å². The highest BCUT2D eigenvalue weighted by Gasteiger charge is 2.13. The first-order valence-corrected chi connectivity index (χ1v) is 6.07. The van der Waals surface area contributed by atoms with E-state index in [1.807, 2.05) is 18.2 Å². The lowest BCUT2D eigenvalue weighted by Crippen LogP contribution is -2.25. The summed E-state index contributed by atoms with van der Waals surface area (Å²) in [5.41, 5.74) is 3.39. The van der Waals surface area contributed by atoms with Crippen LogP contribution in [0.1, 0.15) is 12.0 Å². The zero-order valence-electron chi connectivity index (χ0n) is 10.8. The van der Waals surface area contributed by atoms with Crippen molar-refractivity contribution < 1.29 is 23.8 Å². The van der Waals surface area contributed by atoms with Crippen LogP contribution in [0.25, 0.3) is 0 Å². The van der Waals surface area contributed by atoms with Crippen LogP contribution >= 0.6 is 0 Å². The van der Waals surface area contributed by atoms with Gasteiger partial charge in [0, 0.05) is 13.5 Å². The first-order valence-electron chi connectivity index (χ1n) is 6.07. The normalized spacial score (nSPS) is 12.5. The largest absolute Gasteiger partial charge is 0.454 e. The average Bonchev–Trinajstić information content (AvgIpc) is 2.89. The second kappa shape index (κ2) is 6.96. The van der Waals surface area contributed by atoms with E-state index < -0.39 is 0 Å². The van der Waals surface area contributed by atoms with E-state index in [0.29, 0.717) is 26.1 Å². The van der Waals surface area contributed by atoms with E-state index in [9.17, 15) is 4.79 Å². The number of nitrogens with one attached hydrogen (secondary N) is 1. The predicted octanol–water partition coefficient (Wildman–Crippen LogP) is 1.04. The molecule has 0 fully saturated rings. The van der Waals surface area contributed by atoms with E-state index in [4.69, 9.17) is 19.0 Å². The molecular weight excluding hydrogens is 250 g/mol. The molecule has 104 valence electrons. The molecule has 0 saturated carbocycles. The van der Waals surface area contributed by atoms with Gasteiger partial charge in [0.15, 0.2) is 11.5 Å². The van der Waals surface area contributed by atoms with Crippen molar-refractivity contribution >= 4 is 5.91 Å². The van der Waals surface area contributed by atoms with E-state index in [2.05, 4.69) is 5.48 Å². The number of hydrogen-bond donors (Lipinski definition) is 1. The van der Waals surface area contributed by atoms with Crippen LogP contribution in [0.5, 0.6) is 11.5 Å². The number of aryl methyl sites for hydroxylation is 1. The fraction of sp³-hybridized carbons (Fsp3) is 0.462. The lowest BCUT2D eigenvalue weighted by molar-refractivity contribution is -0.134. The average molecular weight is 267 g/mol. The molecule has 6 nitrogen and oxygen atoms in total. The molecule has 1 aromatic rings. The molecule has 0 saturated heterocycles. The Kier molecular flexibility index (Phi) is 5.00. The number of hydrogen-bond acceptors (Lipinski definition) is 5. The summed E-state index contributed by atoms with van der Waals surface area (Å²) in [6, 6.07) is 5.67. The quantitative estimate of drug-likeness (QED) is 0.590. The molecule has 1 aliphatic rings. The van der Waals surface area contributed by atoms with Gasteiger partial charge in [-0.15, -0.1) is 0 Å². The number of amides is 1. The summed E-state index contributed by atoms with van der Waals surface area (Å²) in [5.74, 6) is 1.32. The van der Waals surface area contributed by atoms with Crippen molar-refractivity contribution in [3.63, 3.8) is 0 Å². The van der Waals surface area contributed by atoms with Gasteiger partial charge in [0.05, 0.1) is 13.2 Å². The van der Waals surface area contributed by atoms with Crippen LogP contribution in [0.3, 0.4) is 0 Å². The summed E-state index contributed by atoms with van der Waals surface area (Å²) in [4.78, 5) is 16.4. The Labute approximate surface area is 111 Å². The molecule has 0 bridgehead atoms. The van der Waals surface area contributed by atoms with E-state index in [1.165, 1.54) is 0 Å². The third-order valence-corrected chi connectivity index (χ3v) is 2.65. The number of fused-ring (bicyclic) bond motifs is 1. The van der Waals surface area contributed by atoms with Gasteiger partial charge in [-0.2, -0.15) is 0 Å². The van der Waals surface area contributed by atoms with Crippen molar-refractivity contribution in [3.05, 3.63) is 23.8 Å². The molecule has 1 aliphatic heterocycles. The number of benzene rings is 1. The van der Waals surface area contributed by atoms with E-state index >= 15 is 0 Å². The van der Waals surface area contributed by atoms with Gasteiger partial charge in [0.1, 0.15) is 0 Å². The van der Waals surface area contributed by atoms with E-state index in [-0.39, 0.29) is 12.7 Å². The summed E-state index contributed by atoms with van der Waals surface area (Å²) in [6.07, 6.45) is 0.975. The molecule has 19 heavy (non-hydrogen) atoms. The fourth-order valence-corrected chi connectivity index (χ4v) is 1.66. The highest BCUT2D eigenvalue weighted by atomic mass is 16.7. The Bertz CT molecular complexity index is 435. The summed E-state index contributed by atoms with van der Waals surface area (Å²) in [5, 5.41) is 0. The molecule has 0 aliphatic carbocycles. The fourth-order valence-electron chi connectivity index (χ4n) is 1.66. The SMILES string of the molecule is COCCONC(=O)CCc1ccc2c(c1)OCO2. The van der Waals surface area contributed by atoms with Gasteiger partial charge in [-0.3, -0.25) is 9.63 Å². The maximum atomic E-state index is 11.5. The van der Waals surface area contributed by atoms with Gasteiger partial charge in [-0.1, -0.05) is 6.07 Å². The smallest absolute Gasteiger partial charge is 0.243 e. The number of carbonyl (C=O) groups is 1. The molecular formula is C13H17NO5. The van der Waals surface area contributed by atoms with Crippen LogP contribution < -0.4 is 15.0 Å². The monoisotopic (exact) mass is 267 g/mol. The van der Waals surface area contributed by atoms with Crippen LogP contribution in [-0.4, -0.2) is 33.0 Å². The van der Waals surface area contributed by atoms with E-state index in [0.717, 1.165) is 17.1 Å². The predicted molar refractivity (Wildman–Crippen MR) is 66.9 cm³/mol. The highest BCUT2D eigenvalue weighted by Crippen LogP contribution is 2.32. The molecule has 0 unspecified atom stereocenters. The van der Waals surface area contributed by atoms with Crippen LogP contribution in [0.2, 0.25) is 0 Å². The summed E-state index contributed by atoms with van der Waals surface area (Å²) < 4.78 is 15.3. The molecule has 6 heteroatoms. The number of hydroxylamine groups is 1. The van der Waals surface area contributed by atoms with Crippen molar-refractivity contribution in [2.24, 2.45) is 0 Å². The summed E-state index contributed by atoms with van der Waals surface area (Å²) in [7, 11) is 1.57. The number of rotatable bonds is 7. The molecule has 0 radical (unpaired) electrons. The molecule has 0 aromatic heterocycles. The Morgan fingerprint density at radius 1 is 1.32 bits per heavy atom. The maximum Gasteiger partial charge on any atom is 0.243 e. The lowest BCUT2D eigenvalue weighted by atomic mass is 10.1. The minimum atomic E-state index is -0.159. The molecule has 1 aromatic carbocycles. The Morgan fingerprint density at radius 3 is 3.00 bits per heavy atom. The number of ether oxygens (including phenoxy) is 3. The lowest BCUT2D eigenvalue weighted by Gasteiger charge is -2.06. The third kappa shape index (κ3) is 4.11. The molecule has 1 amide bonds. The second-order valence-corrected chi connectivity index (χ2v) is 4.05. The molecule has 0 atom stereocenters. The zero-order valence-corrected chi connectivity index (χ0v) is 10.8. The third-order valence-electron chi connectivity index (χ3n) is 2.65. The van der Waals surface area contributed by atoms with Crippen LogP contribution in [-0.2, 0) is 20.8 Å². The minimum absolute atomic E-state index is 0.159. The van der Waals surface area contributed by atoms with Gasteiger partial charge in [-0.25, -0.2) is 5.48 Å². The maximum absolute atomic E-state index is 11.5.